The Balaban J connectivity index is 0.00000288. The topological polar surface area (TPSA) is 94.0 Å². The van der Waals surface area contributed by atoms with Crippen LogP contribution in [0.15, 0.2) is 28.8 Å². The van der Waals surface area contributed by atoms with E-state index in [2.05, 4.69) is 15.5 Å². The van der Waals surface area contributed by atoms with Crippen molar-refractivity contribution in [3.8, 4) is 11.4 Å². The summed E-state index contributed by atoms with van der Waals surface area (Å²) < 4.78 is 18.0. The molecule has 0 bridgehead atoms. The van der Waals surface area contributed by atoms with Gasteiger partial charge in [-0.3, -0.25) is 4.79 Å². The number of nitrogens with one attached hydrogen (secondary N) is 1. The highest BCUT2D eigenvalue weighted by molar-refractivity contribution is 5.85. The fraction of sp³-hybridized carbons (Fsp3) is 0.438. The van der Waals surface area contributed by atoms with Gasteiger partial charge in [-0.1, -0.05) is 5.16 Å². The van der Waals surface area contributed by atoms with Crippen molar-refractivity contribution in [3.63, 3.8) is 0 Å². The third kappa shape index (κ3) is 6.64. The van der Waals surface area contributed by atoms with Gasteiger partial charge < -0.3 is 15.6 Å². The van der Waals surface area contributed by atoms with Crippen LogP contribution in [0, 0.1) is 5.82 Å². The van der Waals surface area contributed by atoms with Crippen molar-refractivity contribution in [2.24, 2.45) is 5.73 Å². The molecule has 0 aliphatic heterocycles. The minimum atomic E-state index is -0.312. The Kier molecular flexibility index (Phi) is 8.35. The molecule has 8 heteroatoms. The summed E-state index contributed by atoms with van der Waals surface area (Å²) in [7, 11) is 0. The van der Waals surface area contributed by atoms with Gasteiger partial charge in [-0.05, 0) is 44.0 Å². The van der Waals surface area contributed by atoms with Gasteiger partial charge in [-0.2, -0.15) is 4.98 Å². The molecular weight excluding hydrogens is 335 g/mol. The summed E-state index contributed by atoms with van der Waals surface area (Å²) >= 11 is 0. The Labute approximate surface area is 146 Å². The molecular formula is C16H22ClFN4O2. The first-order valence-electron chi connectivity index (χ1n) is 7.65. The monoisotopic (exact) mass is 356 g/mol. The van der Waals surface area contributed by atoms with Crippen LogP contribution in [0.2, 0.25) is 0 Å². The highest BCUT2D eigenvalue weighted by Crippen LogP contribution is 2.16. The number of halogens is 2. The second-order valence-corrected chi connectivity index (χ2v) is 5.49. The van der Waals surface area contributed by atoms with Crippen molar-refractivity contribution >= 4 is 18.3 Å². The average molecular weight is 357 g/mol. The number of aromatic nitrogens is 2. The lowest BCUT2D eigenvalue weighted by molar-refractivity contribution is -0.121. The van der Waals surface area contributed by atoms with Crippen molar-refractivity contribution in [1.82, 2.24) is 15.5 Å². The van der Waals surface area contributed by atoms with Crippen molar-refractivity contribution in [1.29, 1.82) is 0 Å². The van der Waals surface area contributed by atoms with Gasteiger partial charge in [0.2, 0.25) is 17.6 Å². The van der Waals surface area contributed by atoms with Crippen LogP contribution in [-0.2, 0) is 11.2 Å². The van der Waals surface area contributed by atoms with E-state index in [4.69, 9.17) is 10.3 Å². The quantitative estimate of drug-likeness (QED) is 0.757. The van der Waals surface area contributed by atoms with Gasteiger partial charge >= 0.3 is 0 Å². The molecule has 1 aromatic carbocycles. The SMILES string of the molecule is CC(N)CCNC(=O)CCCc1nc(-c2ccc(F)cc2)no1.Cl. The molecule has 2 aromatic rings. The fourth-order valence-electron chi connectivity index (χ4n) is 2.00. The summed E-state index contributed by atoms with van der Waals surface area (Å²) in [6.07, 6.45) is 2.30. The molecule has 0 spiro atoms. The molecule has 6 nitrogen and oxygen atoms in total. The van der Waals surface area contributed by atoms with Gasteiger partial charge in [0, 0.05) is 31.0 Å². The fourth-order valence-corrected chi connectivity index (χ4v) is 2.00. The van der Waals surface area contributed by atoms with Crippen LogP contribution in [0.4, 0.5) is 4.39 Å². The van der Waals surface area contributed by atoms with E-state index in [0.29, 0.717) is 43.1 Å². The summed E-state index contributed by atoms with van der Waals surface area (Å²) in [5, 5.41) is 6.68. The smallest absolute Gasteiger partial charge is 0.226 e. The predicted molar refractivity (Wildman–Crippen MR) is 91.2 cm³/mol. The zero-order valence-electron chi connectivity index (χ0n) is 13.5. The summed E-state index contributed by atoms with van der Waals surface area (Å²) in [6, 6.07) is 5.96. The number of carbonyl (C=O) groups is 1. The lowest BCUT2D eigenvalue weighted by Gasteiger charge is -2.06. The molecule has 0 saturated carbocycles. The number of carbonyl (C=O) groups excluding carboxylic acids is 1. The Hall–Kier alpha value is -1.99. The van der Waals surface area contributed by atoms with Crippen molar-refractivity contribution in [2.45, 2.75) is 38.6 Å². The number of aryl methyl sites for hydroxylation is 1. The van der Waals surface area contributed by atoms with E-state index in [1.54, 1.807) is 12.1 Å². The van der Waals surface area contributed by atoms with Gasteiger partial charge in [0.15, 0.2) is 0 Å². The van der Waals surface area contributed by atoms with E-state index in [1.165, 1.54) is 12.1 Å². The zero-order chi connectivity index (χ0) is 16.7. The minimum absolute atomic E-state index is 0. The van der Waals surface area contributed by atoms with Crippen LogP contribution in [-0.4, -0.2) is 28.6 Å². The summed E-state index contributed by atoms with van der Waals surface area (Å²) in [5.41, 5.74) is 6.30. The Morgan fingerprint density at radius 2 is 2.08 bits per heavy atom. The molecule has 2 rings (SSSR count). The summed E-state index contributed by atoms with van der Waals surface area (Å²) in [6.45, 7) is 2.49. The van der Waals surface area contributed by atoms with Crippen LogP contribution >= 0.6 is 12.4 Å². The van der Waals surface area contributed by atoms with Crippen LogP contribution in [0.5, 0.6) is 0 Å². The van der Waals surface area contributed by atoms with Gasteiger partial charge in [0.1, 0.15) is 5.82 Å². The maximum absolute atomic E-state index is 12.9. The molecule has 0 fully saturated rings. The number of rotatable bonds is 8. The molecule has 1 aromatic heterocycles. The first-order valence-corrected chi connectivity index (χ1v) is 7.65. The first kappa shape index (κ1) is 20.1. The van der Waals surface area contributed by atoms with E-state index in [1.807, 2.05) is 6.92 Å². The molecule has 132 valence electrons. The molecule has 1 unspecified atom stereocenters. The Bertz CT molecular complexity index is 631. The average Bonchev–Trinajstić information content (AvgIpc) is 2.96. The normalized spacial score (nSPS) is 11.6. The molecule has 0 saturated heterocycles. The van der Waals surface area contributed by atoms with Crippen molar-refractivity contribution in [2.75, 3.05) is 6.54 Å². The van der Waals surface area contributed by atoms with E-state index >= 15 is 0 Å². The Morgan fingerprint density at radius 1 is 1.38 bits per heavy atom. The number of nitrogens with two attached hydrogens (primary N) is 1. The van der Waals surface area contributed by atoms with Gasteiger partial charge in [-0.15, -0.1) is 12.4 Å². The van der Waals surface area contributed by atoms with E-state index in [9.17, 15) is 9.18 Å². The molecule has 0 aliphatic rings. The van der Waals surface area contributed by atoms with Gasteiger partial charge in [-0.25, -0.2) is 4.39 Å². The minimum Gasteiger partial charge on any atom is -0.356 e. The maximum atomic E-state index is 12.9. The van der Waals surface area contributed by atoms with Crippen LogP contribution in [0.3, 0.4) is 0 Å². The third-order valence-corrected chi connectivity index (χ3v) is 3.29. The Morgan fingerprint density at radius 3 is 2.75 bits per heavy atom. The highest BCUT2D eigenvalue weighted by Gasteiger charge is 2.09. The molecule has 3 N–H and O–H groups in total. The molecule has 1 atom stereocenters. The number of nitrogens with zero attached hydrogens (tertiary/aromatic N) is 2. The molecule has 1 heterocycles. The standard InChI is InChI=1S/C16H21FN4O2.ClH/c1-11(18)9-10-19-14(22)3-2-4-15-20-16(21-23-15)12-5-7-13(17)8-6-12;/h5-8,11H,2-4,9-10,18H2,1H3,(H,19,22);1H. The number of hydrogen-bond acceptors (Lipinski definition) is 5. The lowest BCUT2D eigenvalue weighted by atomic mass is 10.2. The van der Waals surface area contributed by atoms with E-state index in [0.717, 1.165) is 6.42 Å². The molecule has 0 aliphatic carbocycles. The van der Waals surface area contributed by atoms with E-state index < -0.39 is 0 Å². The number of benzene rings is 1. The zero-order valence-corrected chi connectivity index (χ0v) is 14.3. The van der Waals surface area contributed by atoms with Crippen LogP contribution in [0.1, 0.15) is 32.1 Å². The third-order valence-electron chi connectivity index (χ3n) is 3.29. The second kappa shape index (κ2) is 10.00. The van der Waals surface area contributed by atoms with Crippen molar-refractivity contribution in [3.05, 3.63) is 36.0 Å². The number of hydrogen-bond donors (Lipinski definition) is 2. The predicted octanol–water partition coefficient (Wildman–Crippen LogP) is 2.47. The van der Waals surface area contributed by atoms with Gasteiger partial charge in [0.25, 0.3) is 0 Å². The molecule has 1 amide bonds. The molecule has 24 heavy (non-hydrogen) atoms. The number of amides is 1. The van der Waals surface area contributed by atoms with Crippen molar-refractivity contribution < 1.29 is 13.7 Å². The summed E-state index contributed by atoms with van der Waals surface area (Å²) in [4.78, 5) is 15.9. The largest absolute Gasteiger partial charge is 0.356 e. The highest BCUT2D eigenvalue weighted by atomic mass is 35.5. The maximum Gasteiger partial charge on any atom is 0.226 e. The molecule has 0 radical (unpaired) electrons. The first-order chi connectivity index (χ1) is 11.0. The van der Waals surface area contributed by atoms with Crippen LogP contribution in [0.25, 0.3) is 11.4 Å². The van der Waals surface area contributed by atoms with Crippen LogP contribution < -0.4 is 11.1 Å². The lowest BCUT2D eigenvalue weighted by Crippen LogP contribution is -2.28. The van der Waals surface area contributed by atoms with E-state index in [-0.39, 0.29) is 30.2 Å². The second-order valence-electron chi connectivity index (χ2n) is 5.49. The summed E-state index contributed by atoms with van der Waals surface area (Å²) in [5.74, 6) is 0.561. The van der Waals surface area contributed by atoms with Gasteiger partial charge in [0.05, 0.1) is 0 Å².